The number of aliphatic hydroxyl groups is 1. The highest BCUT2D eigenvalue weighted by Gasteiger charge is 2.21. The first-order valence-electron chi connectivity index (χ1n) is 9.47. The topological polar surface area (TPSA) is 94.8 Å². The van der Waals surface area contributed by atoms with Crippen LogP contribution >= 0.6 is 11.8 Å². The van der Waals surface area contributed by atoms with Gasteiger partial charge in [-0.2, -0.15) is 5.10 Å². The predicted molar refractivity (Wildman–Crippen MR) is 115 cm³/mol. The van der Waals surface area contributed by atoms with Crippen LogP contribution in [-0.2, 0) is 6.54 Å². The Balaban J connectivity index is 1.70. The van der Waals surface area contributed by atoms with Gasteiger partial charge in [0.25, 0.3) is 0 Å². The molecule has 2 heterocycles. The molecule has 3 N–H and O–H groups in total. The first-order chi connectivity index (χ1) is 14.6. The molecule has 0 amide bonds. The average Bonchev–Trinajstić information content (AvgIpc) is 3.33. The first kappa shape index (κ1) is 20.1. The Morgan fingerprint density at radius 3 is 2.53 bits per heavy atom. The summed E-state index contributed by atoms with van der Waals surface area (Å²) in [4.78, 5) is 0. The zero-order valence-corrected chi connectivity index (χ0v) is 17.1. The van der Waals surface area contributed by atoms with E-state index in [4.69, 9.17) is 5.73 Å². The third-order valence-corrected chi connectivity index (χ3v) is 5.45. The van der Waals surface area contributed by atoms with Crippen molar-refractivity contribution in [2.45, 2.75) is 24.7 Å². The summed E-state index contributed by atoms with van der Waals surface area (Å²) in [5, 5.41) is 24.1. The van der Waals surface area contributed by atoms with E-state index in [2.05, 4.69) is 15.3 Å². The molecule has 4 rings (SSSR count). The molecule has 0 aliphatic rings. The Morgan fingerprint density at radius 2 is 1.83 bits per heavy atom. The number of benzene rings is 2. The minimum absolute atomic E-state index is 0.205. The van der Waals surface area contributed by atoms with Crippen molar-refractivity contribution < 1.29 is 9.50 Å². The average molecular weight is 425 g/mol. The van der Waals surface area contributed by atoms with Crippen molar-refractivity contribution in [1.29, 1.82) is 0 Å². The Labute approximate surface area is 177 Å². The van der Waals surface area contributed by atoms with Crippen LogP contribution in [0, 0.1) is 5.82 Å². The molecule has 30 heavy (non-hydrogen) atoms. The fourth-order valence-electron chi connectivity index (χ4n) is 3.15. The van der Waals surface area contributed by atoms with Crippen LogP contribution in [-0.4, -0.2) is 35.4 Å². The van der Waals surface area contributed by atoms with Gasteiger partial charge in [0.15, 0.2) is 11.0 Å². The van der Waals surface area contributed by atoms with Gasteiger partial charge in [-0.3, -0.25) is 4.57 Å². The lowest BCUT2D eigenvalue weighted by Gasteiger charge is -2.13. The molecule has 0 bridgehead atoms. The van der Waals surface area contributed by atoms with Crippen LogP contribution in [0.25, 0.3) is 17.1 Å². The molecule has 154 valence electrons. The highest BCUT2D eigenvalue weighted by molar-refractivity contribution is 7.99. The molecule has 0 fully saturated rings. The molecule has 9 heteroatoms. The molecule has 0 radical (unpaired) electrons. The van der Waals surface area contributed by atoms with Crippen molar-refractivity contribution in [3.8, 4) is 17.1 Å². The van der Waals surface area contributed by atoms with Gasteiger partial charge < -0.3 is 10.8 Å². The number of nitrogens with two attached hydrogens (primary N) is 1. The van der Waals surface area contributed by atoms with Gasteiger partial charge in [0, 0.05) is 5.69 Å². The van der Waals surface area contributed by atoms with E-state index in [1.165, 1.54) is 23.9 Å². The minimum Gasteiger partial charge on any atom is -0.386 e. The summed E-state index contributed by atoms with van der Waals surface area (Å²) >= 11 is 1.52. The summed E-state index contributed by atoms with van der Waals surface area (Å²) < 4.78 is 16.8. The Kier molecular flexibility index (Phi) is 5.82. The van der Waals surface area contributed by atoms with Gasteiger partial charge in [0.05, 0.1) is 24.4 Å². The third-order valence-electron chi connectivity index (χ3n) is 4.64. The number of nitrogens with zero attached hydrogens (tertiary/aromatic N) is 5. The van der Waals surface area contributed by atoms with Gasteiger partial charge in [0.2, 0.25) is 0 Å². The Hall–Kier alpha value is -3.17. The second-order valence-electron chi connectivity index (χ2n) is 6.60. The molecule has 0 aliphatic heterocycles. The quantitative estimate of drug-likeness (QED) is 0.439. The second-order valence-corrected chi connectivity index (χ2v) is 7.83. The van der Waals surface area contributed by atoms with Crippen molar-refractivity contribution in [2.24, 2.45) is 0 Å². The number of nitrogen functional groups attached to an aromatic ring is 1. The molecular weight excluding hydrogens is 403 g/mol. The van der Waals surface area contributed by atoms with Crippen molar-refractivity contribution in [3.63, 3.8) is 0 Å². The predicted octanol–water partition coefficient (Wildman–Crippen LogP) is 3.70. The number of aromatic nitrogens is 5. The molecular formula is C21H21FN6OS. The molecule has 0 saturated carbocycles. The van der Waals surface area contributed by atoms with Crippen LogP contribution in [0.1, 0.15) is 18.6 Å². The standard InChI is InChI=1S/C21H21FN6OS/c1-2-30-21-26-25-20(28(21)16-10-8-15(22)9-11-16)17-12-24-27(19(17)23)13-18(29)14-6-4-3-5-7-14/h3-12,18,29H,2,13,23H2,1H3. The molecule has 2 aromatic carbocycles. The molecule has 1 unspecified atom stereocenters. The Morgan fingerprint density at radius 1 is 1.10 bits per heavy atom. The maximum atomic E-state index is 13.4. The van der Waals surface area contributed by atoms with Gasteiger partial charge in [-0.15, -0.1) is 10.2 Å². The van der Waals surface area contributed by atoms with Crippen LogP contribution in [0.5, 0.6) is 0 Å². The van der Waals surface area contributed by atoms with Crippen molar-refractivity contribution in [2.75, 3.05) is 11.5 Å². The number of anilines is 1. The highest BCUT2D eigenvalue weighted by Crippen LogP contribution is 2.31. The van der Waals surface area contributed by atoms with Gasteiger partial charge in [-0.05, 0) is 35.6 Å². The summed E-state index contributed by atoms with van der Waals surface area (Å²) in [5.74, 6) is 1.36. The van der Waals surface area contributed by atoms with Crippen LogP contribution in [0.15, 0.2) is 66.0 Å². The van der Waals surface area contributed by atoms with Crippen molar-refractivity contribution in [3.05, 3.63) is 72.2 Å². The molecule has 7 nitrogen and oxygen atoms in total. The molecule has 0 aliphatic carbocycles. The van der Waals surface area contributed by atoms with Gasteiger partial charge in [0.1, 0.15) is 11.6 Å². The van der Waals surface area contributed by atoms with E-state index >= 15 is 0 Å². The third kappa shape index (κ3) is 3.94. The van der Waals surface area contributed by atoms with Crippen molar-refractivity contribution in [1.82, 2.24) is 24.5 Å². The van der Waals surface area contributed by atoms with Gasteiger partial charge >= 0.3 is 0 Å². The summed E-state index contributed by atoms with van der Waals surface area (Å²) in [6.45, 7) is 2.22. The zero-order valence-electron chi connectivity index (χ0n) is 16.3. The summed E-state index contributed by atoms with van der Waals surface area (Å²) in [5.41, 5.74) is 8.46. The van der Waals surface area contributed by atoms with E-state index < -0.39 is 6.10 Å². The number of halogens is 1. The van der Waals surface area contributed by atoms with Gasteiger partial charge in [-0.1, -0.05) is 49.0 Å². The van der Waals surface area contributed by atoms with E-state index in [9.17, 15) is 9.50 Å². The molecule has 0 spiro atoms. The normalized spacial score (nSPS) is 12.2. The van der Waals surface area contributed by atoms with E-state index in [1.807, 2.05) is 41.8 Å². The number of thioether (sulfide) groups is 1. The minimum atomic E-state index is -0.748. The maximum absolute atomic E-state index is 13.4. The monoisotopic (exact) mass is 424 g/mol. The number of aliphatic hydroxyl groups excluding tert-OH is 1. The lowest BCUT2D eigenvalue weighted by atomic mass is 10.1. The maximum Gasteiger partial charge on any atom is 0.196 e. The van der Waals surface area contributed by atoms with Gasteiger partial charge in [-0.25, -0.2) is 9.07 Å². The van der Waals surface area contributed by atoms with E-state index in [0.29, 0.717) is 22.4 Å². The lowest BCUT2D eigenvalue weighted by molar-refractivity contribution is 0.152. The number of rotatable bonds is 7. The fourth-order valence-corrected chi connectivity index (χ4v) is 3.82. The first-order valence-corrected chi connectivity index (χ1v) is 10.5. The second kappa shape index (κ2) is 8.68. The van der Waals surface area contributed by atoms with Crippen LogP contribution in [0.2, 0.25) is 0 Å². The fraction of sp³-hybridized carbons (Fsp3) is 0.190. The highest BCUT2D eigenvalue weighted by atomic mass is 32.2. The van der Waals surface area contributed by atoms with Crippen LogP contribution < -0.4 is 5.73 Å². The largest absolute Gasteiger partial charge is 0.386 e. The smallest absolute Gasteiger partial charge is 0.196 e. The van der Waals surface area contributed by atoms with Crippen molar-refractivity contribution >= 4 is 17.6 Å². The molecule has 4 aromatic rings. The lowest BCUT2D eigenvalue weighted by Crippen LogP contribution is -2.12. The van der Waals surface area contributed by atoms with Crippen LogP contribution in [0.4, 0.5) is 10.2 Å². The molecule has 0 saturated heterocycles. The Bertz CT molecular complexity index is 1130. The zero-order chi connectivity index (χ0) is 21.1. The summed E-state index contributed by atoms with van der Waals surface area (Å²) in [6, 6.07) is 15.5. The molecule has 1 atom stereocenters. The summed E-state index contributed by atoms with van der Waals surface area (Å²) in [6.07, 6.45) is 0.861. The number of hydrogen-bond donors (Lipinski definition) is 2. The van der Waals surface area contributed by atoms with E-state index in [0.717, 1.165) is 17.0 Å². The SMILES string of the molecule is CCSc1nnc(-c2cnn(CC(O)c3ccccc3)c2N)n1-c1ccc(F)cc1. The summed E-state index contributed by atoms with van der Waals surface area (Å²) in [7, 11) is 0. The molecule has 2 aromatic heterocycles. The van der Waals surface area contributed by atoms with Crippen LogP contribution in [0.3, 0.4) is 0 Å². The van der Waals surface area contributed by atoms with E-state index in [-0.39, 0.29) is 12.4 Å². The number of hydrogen-bond acceptors (Lipinski definition) is 6. The van der Waals surface area contributed by atoms with E-state index in [1.54, 1.807) is 23.0 Å².